The van der Waals surface area contributed by atoms with Gasteiger partial charge in [0.05, 0.1) is 24.1 Å². The van der Waals surface area contributed by atoms with Crippen LogP contribution in [0.15, 0.2) is 12.3 Å². The van der Waals surface area contributed by atoms with E-state index < -0.39 is 0 Å². The van der Waals surface area contributed by atoms with Crippen molar-refractivity contribution in [2.75, 3.05) is 6.61 Å². The molecule has 0 amide bonds. The fourth-order valence-corrected chi connectivity index (χ4v) is 2.86. The summed E-state index contributed by atoms with van der Waals surface area (Å²) >= 11 is 0. The summed E-state index contributed by atoms with van der Waals surface area (Å²) < 4.78 is 23.3. The first kappa shape index (κ1) is 17.8. The minimum atomic E-state index is -0.274. The van der Waals surface area contributed by atoms with Crippen molar-refractivity contribution in [2.45, 2.75) is 78.2 Å². The molecule has 22 heavy (non-hydrogen) atoms. The number of allylic oxidation sites excluding steroid dienone is 1. The zero-order chi connectivity index (χ0) is 16.4. The predicted octanol–water partition coefficient (Wildman–Crippen LogP) is 4.02. The number of ether oxygens (including phenoxy) is 2. The van der Waals surface area contributed by atoms with Crippen LogP contribution in [-0.2, 0) is 18.8 Å². The van der Waals surface area contributed by atoms with Crippen molar-refractivity contribution in [2.24, 2.45) is 11.8 Å². The highest BCUT2D eigenvalue weighted by molar-refractivity contribution is 6.46. The van der Waals surface area contributed by atoms with Crippen molar-refractivity contribution in [3.63, 3.8) is 0 Å². The molecule has 2 heterocycles. The number of hydrogen-bond acceptors (Lipinski definition) is 4. The average Bonchev–Trinajstić information content (AvgIpc) is 2.63. The summed E-state index contributed by atoms with van der Waals surface area (Å²) in [6.07, 6.45) is 6.37. The van der Waals surface area contributed by atoms with Gasteiger partial charge >= 0.3 is 7.12 Å². The summed E-state index contributed by atoms with van der Waals surface area (Å²) in [4.78, 5) is 0. The van der Waals surface area contributed by atoms with Gasteiger partial charge in [-0.05, 0) is 46.0 Å². The van der Waals surface area contributed by atoms with Crippen LogP contribution in [0.4, 0.5) is 0 Å². The Morgan fingerprint density at radius 3 is 2.41 bits per heavy atom. The fourth-order valence-electron chi connectivity index (χ4n) is 2.86. The second-order valence-electron chi connectivity index (χ2n) is 7.76. The topological polar surface area (TPSA) is 36.9 Å². The maximum Gasteiger partial charge on any atom is 0.461 e. The Morgan fingerprint density at radius 1 is 1.18 bits per heavy atom. The normalized spacial score (nSPS) is 31.1. The molecule has 0 aromatic carbocycles. The monoisotopic (exact) mass is 310 g/mol. The van der Waals surface area contributed by atoms with Gasteiger partial charge in [0, 0.05) is 12.7 Å². The van der Waals surface area contributed by atoms with Gasteiger partial charge in [0.15, 0.2) is 6.29 Å². The van der Waals surface area contributed by atoms with Gasteiger partial charge in [-0.15, -0.1) is 0 Å². The highest BCUT2D eigenvalue weighted by atomic mass is 16.7. The summed E-state index contributed by atoms with van der Waals surface area (Å²) in [5.41, 5.74) is -0.549. The lowest BCUT2D eigenvalue weighted by Crippen LogP contribution is -2.41. The molecule has 2 aliphatic heterocycles. The van der Waals surface area contributed by atoms with Crippen LogP contribution in [0.2, 0.25) is 6.32 Å². The highest BCUT2D eigenvalue weighted by Crippen LogP contribution is 2.37. The van der Waals surface area contributed by atoms with Crippen LogP contribution < -0.4 is 0 Å². The molecular formula is C17H31BO4. The quantitative estimate of drug-likeness (QED) is 0.568. The lowest BCUT2D eigenvalue weighted by Gasteiger charge is -2.32. The minimum Gasteiger partial charge on any atom is -0.473 e. The summed E-state index contributed by atoms with van der Waals surface area (Å²) in [5.74, 6) is 1.37. The second-order valence-corrected chi connectivity index (χ2v) is 7.76. The molecule has 2 aliphatic rings. The Labute approximate surface area is 135 Å². The Kier molecular flexibility index (Phi) is 5.62. The Balaban J connectivity index is 1.73. The maximum absolute atomic E-state index is 5.94. The first-order chi connectivity index (χ1) is 10.2. The molecule has 5 heteroatoms. The average molecular weight is 310 g/mol. The Morgan fingerprint density at radius 2 is 1.82 bits per heavy atom. The molecule has 2 rings (SSSR count). The molecule has 2 saturated heterocycles. The van der Waals surface area contributed by atoms with E-state index >= 15 is 0 Å². The van der Waals surface area contributed by atoms with Gasteiger partial charge in [-0.25, -0.2) is 0 Å². The van der Waals surface area contributed by atoms with Crippen LogP contribution in [0.25, 0.3) is 0 Å². The van der Waals surface area contributed by atoms with Crippen LogP contribution in [0.5, 0.6) is 0 Å². The lowest BCUT2D eigenvalue weighted by atomic mass is 9.85. The molecule has 0 saturated carbocycles. The third-order valence-electron chi connectivity index (χ3n) is 5.19. The van der Waals surface area contributed by atoms with Gasteiger partial charge in [-0.1, -0.05) is 19.9 Å². The molecule has 0 unspecified atom stereocenters. The van der Waals surface area contributed by atoms with Crippen molar-refractivity contribution in [3.05, 3.63) is 12.3 Å². The maximum atomic E-state index is 5.94. The van der Waals surface area contributed by atoms with Gasteiger partial charge in [0.1, 0.15) is 0 Å². The third-order valence-corrected chi connectivity index (χ3v) is 5.19. The highest BCUT2D eigenvalue weighted by Gasteiger charge is 2.50. The Bertz CT molecular complexity index is 376. The van der Waals surface area contributed by atoms with E-state index in [0.717, 1.165) is 19.4 Å². The van der Waals surface area contributed by atoms with Crippen molar-refractivity contribution in [1.29, 1.82) is 0 Å². The van der Waals surface area contributed by atoms with Gasteiger partial charge in [0.2, 0.25) is 0 Å². The van der Waals surface area contributed by atoms with Crippen molar-refractivity contribution in [3.8, 4) is 0 Å². The zero-order valence-corrected chi connectivity index (χ0v) is 14.9. The van der Waals surface area contributed by atoms with E-state index in [4.69, 9.17) is 18.8 Å². The standard InChI is InChI=1S/C17H31BO4/c1-13(2)14-8-11-20-15(12-14)19-10-7-9-18-21-16(3,4)17(5,6)22-18/h7,10,13-15H,8-9,11-12H2,1-6H3/b10-7-/t14-,15-/m1/s1. The number of rotatable bonds is 5. The largest absolute Gasteiger partial charge is 0.473 e. The minimum absolute atomic E-state index is 0.115. The van der Waals surface area contributed by atoms with E-state index in [0.29, 0.717) is 18.2 Å². The molecule has 0 bridgehead atoms. The first-order valence-electron chi connectivity index (χ1n) is 8.49. The molecule has 0 aliphatic carbocycles. The van der Waals surface area contributed by atoms with E-state index in [1.807, 2.05) is 6.08 Å². The van der Waals surface area contributed by atoms with Crippen molar-refractivity contribution in [1.82, 2.24) is 0 Å². The van der Waals surface area contributed by atoms with E-state index in [-0.39, 0.29) is 24.6 Å². The SMILES string of the molecule is CC(C)[C@@H]1CCO[C@@H](O/C=C\CB2OC(C)(C)C(C)(C)O2)C1. The zero-order valence-electron chi connectivity index (χ0n) is 14.9. The van der Waals surface area contributed by atoms with E-state index in [1.165, 1.54) is 0 Å². The van der Waals surface area contributed by atoms with Crippen LogP contribution >= 0.6 is 0 Å². The lowest BCUT2D eigenvalue weighted by molar-refractivity contribution is -0.148. The fraction of sp³-hybridized carbons (Fsp3) is 0.882. The van der Waals surface area contributed by atoms with Gasteiger partial charge < -0.3 is 18.8 Å². The second kappa shape index (κ2) is 6.94. The summed E-state index contributed by atoms with van der Waals surface area (Å²) in [7, 11) is -0.208. The van der Waals surface area contributed by atoms with Crippen LogP contribution in [0.3, 0.4) is 0 Å². The molecule has 126 valence electrons. The molecule has 0 radical (unpaired) electrons. The summed E-state index contributed by atoms with van der Waals surface area (Å²) in [6.45, 7) is 13.6. The van der Waals surface area contributed by atoms with Crippen molar-refractivity contribution >= 4 is 7.12 Å². The molecular weight excluding hydrogens is 279 g/mol. The van der Waals surface area contributed by atoms with Crippen molar-refractivity contribution < 1.29 is 18.8 Å². The Hall–Kier alpha value is -0.515. The molecule has 0 aromatic heterocycles. The van der Waals surface area contributed by atoms with E-state index in [2.05, 4.69) is 41.5 Å². The molecule has 4 nitrogen and oxygen atoms in total. The number of hydrogen-bond donors (Lipinski definition) is 0. The van der Waals surface area contributed by atoms with Gasteiger partial charge in [-0.3, -0.25) is 0 Å². The van der Waals surface area contributed by atoms with E-state index in [1.54, 1.807) is 6.26 Å². The molecule has 0 spiro atoms. The molecule has 2 fully saturated rings. The third kappa shape index (κ3) is 4.27. The molecule has 0 N–H and O–H groups in total. The van der Waals surface area contributed by atoms with Gasteiger partial charge in [0.25, 0.3) is 0 Å². The summed E-state index contributed by atoms with van der Waals surface area (Å²) in [5, 5.41) is 0. The van der Waals surface area contributed by atoms with E-state index in [9.17, 15) is 0 Å². The van der Waals surface area contributed by atoms with Gasteiger partial charge in [-0.2, -0.15) is 0 Å². The summed E-state index contributed by atoms with van der Waals surface area (Å²) in [6, 6.07) is 0. The molecule has 0 aromatic rings. The smallest absolute Gasteiger partial charge is 0.461 e. The van der Waals surface area contributed by atoms with Crippen LogP contribution in [0, 0.1) is 11.8 Å². The predicted molar refractivity (Wildman–Crippen MR) is 88.4 cm³/mol. The first-order valence-corrected chi connectivity index (χ1v) is 8.49. The molecule has 2 atom stereocenters. The van der Waals surface area contributed by atoms with Crippen LogP contribution in [0.1, 0.15) is 54.4 Å². The van der Waals surface area contributed by atoms with Crippen LogP contribution in [-0.4, -0.2) is 31.2 Å².